The SMILES string of the molecule is Cc1cc(C(=O)N/N=C2/CCCCC2C)c(C)o1. The Morgan fingerprint density at radius 1 is 1.44 bits per heavy atom. The molecule has 1 aromatic heterocycles. The second-order valence-electron chi connectivity index (χ2n) is 5.02. The van der Waals surface area contributed by atoms with Crippen LogP contribution in [0.1, 0.15) is 54.5 Å². The van der Waals surface area contributed by atoms with Crippen molar-refractivity contribution in [1.82, 2.24) is 5.43 Å². The first-order valence-corrected chi connectivity index (χ1v) is 6.51. The lowest BCUT2D eigenvalue weighted by molar-refractivity contribution is 0.0953. The number of nitrogens with one attached hydrogen (secondary N) is 1. The molecule has 4 heteroatoms. The van der Waals surface area contributed by atoms with E-state index >= 15 is 0 Å². The van der Waals surface area contributed by atoms with Gasteiger partial charge in [0.15, 0.2) is 0 Å². The van der Waals surface area contributed by atoms with Crippen molar-refractivity contribution in [3.63, 3.8) is 0 Å². The molecular formula is C14H20N2O2. The van der Waals surface area contributed by atoms with Gasteiger partial charge in [0.25, 0.3) is 5.91 Å². The van der Waals surface area contributed by atoms with E-state index in [0.29, 0.717) is 17.2 Å². The number of nitrogens with zero attached hydrogens (tertiary/aromatic N) is 1. The van der Waals surface area contributed by atoms with Gasteiger partial charge in [-0.1, -0.05) is 13.3 Å². The van der Waals surface area contributed by atoms with Crippen LogP contribution in [0.3, 0.4) is 0 Å². The van der Waals surface area contributed by atoms with Gasteiger partial charge in [0.05, 0.1) is 5.56 Å². The summed E-state index contributed by atoms with van der Waals surface area (Å²) in [5.74, 6) is 1.68. The van der Waals surface area contributed by atoms with E-state index in [1.165, 1.54) is 19.3 Å². The van der Waals surface area contributed by atoms with E-state index in [4.69, 9.17) is 4.42 Å². The van der Waals surface area contributed by atoms with Crippen LogP contribution in [0.4, 0.5) is 0 Å². The van der Waals surface area contributed by atoms with Gasteiger partial charge in [-0.2, -0.15) is 5.10 Å². The molecular weight excluding hydrogens is 228 g/mol. The molecule has 0 saturated heterocycles. The van der Waals surface area contributed by atoms with Gasteiger partial charge in [0, 0.05) is 5.71 Å². The molecule has 0 aromatic carbocycles. The molecule has 0 aliphatic heterocycles. The smallest absolute Gasteiger partial charge is 0.274 e. The van der Waals surface area contributed by atoms with Crippen molar-refractivity contribution in [2.24, 2.45) is 11.0 Å². The first kappa shape index (κ1) is 12.9. The summed E-state index contributed by atoms with van der Waals surface area (Å²) in [4.78, 5) is 11.9. The summed E-state index contributed by atoms with van der Waals surface area (Å²) < 4.78 is 5.34. The van der Waals surface area contributed by atoms with Gasteiger partial charge in [0.1, 0.15) is 11.5 Å². The van der Waals surface area contributed by atoms with Gasteiger partial charge in [0.2, 0.25) is 0 Å². The van der Waals surface area contributed by atoms with Crippen molar-refractivity contribution in [1.29, 1.82) is 0 Å². The summed E-state index contributed by atoms with van der Waals surface area (Å²) in [6, 6.07) is 1.75. The number of hydrogen-bond donors (Lipinski definition) is 1. The van der Waals surface area contributed by atoms with Crippen molar-refractivity contribution in [2.45, 2.75) is 46.5 Å². The predicted molar refractivity (Wildman–Crippen MR) is 70.7 cm³/mol. The van der Waals surface area contributed by atoms with Crippen LogP contribution >= 0.6 is 0 Å². The summed E-state index contributed by atoms with van der Waals surface area (Å²) in [7, 11) is 0. The number of carbonyl (C=O) groups excluding carboxylic acids is 1. The van der Waals surface area contributed by atoms with Crippen LogP contribution in [-0.4, -0.2) is 11.6 Å². The molecule has 0 spiro atoms. The van der Waals surface area contributed by atoms with E-state index < -0.39 is 0 Å². The summed E-state index contributed by atoms with van der Waals surface area (Å²) in [6.07, 6.45) is 4.58. The molecule has 1 fully saturated rings. The molecule has 1 aromatic rings. The number of furan rings is 1. The Morgan fingerprint density at radius 3 is 2.83 bits per heavy atom. The minimum Gasteiger partial charge on any atom is -0.466 e. The van der Waals surface area contributed by atoms with Gasteiger partial charge in [-0.25, -0.2) is 5.43 Å². The van der Waals surface area contributed by atoms with Crippen molar-refractivity contribution in [2.75, 3.05) is 0 Å². The number of carbonyl (C=O) groups is 1. The van der Waals surface area contributed by atoms with E-state index in [0.717, 1.165) is 17.9 Å². The molecule has 0 radical (unpaired) electrons. The second kappa shape index (κ2) is 5.38. The van der Waals surface area contributed by atoms with Crippen molar-refractivity contribution in [3.05, 3.63) is 23.2 Å². The van der Waals surface area contributed by atoms with E-state index in [9.17, 15) is 4.79 Å². The zero-order valence-electron chi connectivity index (χ0n) is 11.2. The molecule has 1 unspecified atom stereocenters. The number of aryl methyl sites for hydroxylation is 2. The third kappa shape index (κ3) is 2.81. The Balaban J connectivity index is 2.03. The summed E-state index contributed by atoms with van der Waals surface area (Å²) in [5.41, 5.74) is 4.32. The molecule has 1 N–H and O–H groups in total. The number of hydrogen-bond acceptors (Lipinski definition) is 3. The topological polar surface area (TPSA) is 54.6 Å². The monoisotopic (exact) mass is 248 g/mol. The van der Waals surface area contributed by atoms with Crippen molar-refractivity contribution >= 4 is 11.6 Å². The van der Waals surface area contributed by atoms with Gasteiger partial charge in [-0.05, 0) is 45.1 Å². The highest BCUT2D eigenvalue weighted by molar-refractivity contribution is 5.96. The number of hydrazone groups is 1. The van der Waals surface area contributed by atoms with E-state index in [1.54, 1.807) is 13.0 Å². The summed E-state index contributed by atoms with van der Waals surface area (Å²) in [6.45, 7) is 5.79. The molecule has 1 heterocycles. The average molecular weight is 248 g/mol. The highest BCUT2D eigenvalue weighted by atomic mass is 16.3. The maximum absolute atomic E-state index is 11.9. The van der Waals surface area contributed by atoms with Gasteiger partial charge < -0.3 is 4.42 Å². The Kier molecular flexibility index (Phi) is 3.84. The first-order chi connectivity index (χ1) is 8.58. The number of rotatable bonds is 2. The Labute approximate surface area is 107 Å². The summed E-state index contributed by atoms with van der Waals surface area (Å²) >= 11 is 0. The van der Waals surface area contributed by atoms with E-state index in [1.807, 2.05) is 6.92 Å². The van der Waals surface area contributed by atoms with Crippen LogP contribution in [0.5, 0.6) is 0 Å². The van der Waals surface area contributed by atoms with E-state index in [-0.39, 0.29) is 5.91 Å². The largest absolute Gasteiger partial charge is 0.466 e. The van der Waals surface area contributed by atoms with Crippen LogP contribution in [-0.2, 0) is 0 Å². The molecule has 1 aliphatic rings. The normalized spacial score (nSPS) is 22.2. The lowest BCUT2D eigenvalue weighted by atomic mass is 9.89. The van der Waals surface area contributed by atoms with Crippen LogP contribution < -0.4 is 5.43 Å². The van der Waals surface area contributed by atoms with Crippen molar-refractivity contribution in [3.8, 4) is 0 Å². The Morgan fingerprint density at radius 2 is 2.22 bits per heavy atom. The number of amides is 1. The fourth-order valence-corrected chi connectivity index (χ4v) is 2.37. The van der Waals surface area contributed by atoms with Crippen molar-refractivity contribution < 1.29 is 9.21 Å². The van der Waals surface area contributed by atoms with Crippen LogP contribution in [0.15, 0.2) is 15.6 Å². The van der Waals surface area contributed by atoms with Crippen LogP contribution in [0, 0.1) is 19.8 Å². The highest BCUT2D eigenvalue weighted by Gasteiger charge is 2.17. The fraction of sp³-hybridized carbons (Fsp3) is 0.571. The predicted octanol–water partition coefficient (Wildman–Crippen LogP) is 3.19. The van der Waals surface area contributed by atoms with Gasteiger partial charge in [-0.15, -0.1) is 0 Å². The minimum atomic E-state index is -0.186. The lowest BCUT2D eigenvalue weighted by Crippen LogP contribution is -2.24. The molecule has 1 atom stereocenters. The first-order valence-electron chi connectivity index (χ1n) is 6.51. The van der Waals surface area contributed by atoms with Gasteiger partial charge in [-0.3, -0.25) is 4.79 Å². The lowest BCUT2D eigenvalue weighted by Gasteiger charge is -2.19. The molecule has 1 saturated carbocycles. The molecule has 18 heavy (non-hydrogen) atoms. The van der Waals surface area contributed by atoms with Crippen LogP contribution in [0.2, 0.25) is 0 Å². The maximum Gasteiger partial charge on any atom is 0.274 e. The quantitative estimate of drug-likeness (QED) is 0.817. The molecule has 98 valence electrons. The van der Waals surface area contributed by atoms with Crippen LogP contribution in [0.25, 0.3) is 0 Å². The van der Waals surface area contributed by atoms with Gasteiger partial charge >= 0.3 is 0 Å². The zero-order chi connectivity index (χ0) is 13.1. The minimum absolute atomic E-state index is 0.186. The Hall–Kier alpha value is -1.58. The molecule has 4 nitrogen and oxygen atoms in total. The summed E-state index contributed by atoms with van der Waals surface area (Å²) in [5, 5.41) is 4.27. The maximum atomic E-state index is 11.9. The Bertz CT molecular complexity index is 474. The molecule has 1 amide bonds. The fourth-order valence-electron chi connectivity index (χ4n) is 2.37. The standard InChI is InChI=1S/C14H20N2O2/c1-9-6-4-5-7-13(9)15-16-14(17)12-8-10(2)18-11(12)3/h8-9H,4-7H2,1-3H3,(H,16,17)/b15-13-. The second-order valence-corrected chi connectivity index (χ2v) is 5.02. The van der Waals surface area contributed by atoms with E-state index in [2.05, 4.69) is 17.5 Å². The zero-order valence-corrected chi connectivity index (χ0v) is 11.2. The third-order valence-electron chi connectivity index (χ3n) is 3.48. The molecule has 2 rings (SSSR count). The highest BCUT2D eigenvalue weighted by Crippen LogP contribution is 2.21. The molecule has 0 bridgehead atoms. The third-order valence-corrected chi connectivity index (χ3v) is 3.48. The molecule has 1 aliphatic carbocycles. The average Bonchev–Trinajstić information content (AvgIpc) is 2.67.